The van der Waals surface area contributed by atoms with E-state index in [1.54, 1.807) is 30.3 Å². The highest BCUT2D eigenvalue weighted by Gasteiger charge is 2.14. The van der Waals surface area contributed by atoms with E-state index in [0.717, 1.165) is 0 Å². The first-order chi connectivity index (χ1) is 12.8. The third-order valence-corrected chi connectivity index (χ3v) is 4.08. The molecular weight excluding hydrogens is 368 g/mol. The number of carboxylic acid groups (broad SMARTS) is 1. The molecule has 2 aromatic rings. The largest absolute Gasteiger partial charge is 0.478 e. The Kier molecular flexibility index (Phi) is 6.96. The van der Waals surface area contributed by atoms with E-state index in [2.05, 4.69) is 10.6 Å². The van der Waals surface area contributed by atoms with Crippen LogP contribution in [0, 0.1) is 5.92 Å². The van der Waals surface area contributed by atoms with Crippen LogP contribution in [0.15, 0.2) is 42.5 Å². The fourth-order valence-electron chi connectivity index (χ4n) is 2.43. The van der Waals surface area contributed by atoms with Crippen molar-refractivity contribution in [1.82, 2.24) is 5.32 Å². The van der Waals surface area contributed by atoms with Crippen molar-refractivity contribution >= 4 is 35.1 Å². The topological polar surface area (TPSA) is 95.5 Å². The molecule has 3 N–H and O–H groups in total. The van der Waals surface area contributed by atoms with Crippen molar-refractivity contribution in [2.75, 3.05) is 11.9 Å². The van der Waals surface area contributed by atoms with Gasteiger partial charge < -0.3 is 15.7 Å². The van der Waals surface area contributed by atoms with Gasteiger partial charge in [-0.3, -0.25) is 9.59 Å². The molecule has 6 nitrogen and oxygen atoms in total. The lowest BCUT2D eigenvalue weighted by Gasteiger charge is -2.11. The van der Waals surface area contributed by atoms with E-state index < -0.39 is 5.97 Å². The van der Waals surface area contributed by atoms with E-state index in [1.807, 2.05) is 13.8 Å². The van der Waals surface area contributed by atoms with Gasteiger partial charge in [-0.05, 0) is 35.7 Å². The summed E-state index contributed by atoms with van der Waals surface area (Å²) < 4.78 is 0. The Bertz CT molecular complexity index is 865. The Labute approximate surface area is 162 Å². The van der Waals surface area contributed by atoms with Gasteiger partial charge in [0.05, 0.1) is 22.6 Å². The maximum atomic E-state index is 12.2. The van der Waals surface area contributed by atoms with Crippen molar-refractivity contribution in [2.24, 2.45) is 5.92 Å². The van der Waals surface area contributed by atoms with Gasteiger partial charge in [-0.2, -0.15) is 0 Å². The third kappa shape index (κ3) is 5.82. The minimum absolute atomic E-state index is 0.0860. The Morgan fingerprint density at radius 1 is 1.07 bits per heavy atom. The maximum absolute atomic E-state index is 12.2. The summed E-state index contributed by atoms with van der Waals surface area (Å²) in [6.45, 7) is 4.52. The number of amides is 2. The van der Waals surface area contributed by atoms with Crippen LogP contribution in [0.4, 0.5) is 5.69 Å². The molecule has 0 aliphatic rings. The quantitative estimate of drug-likeness (QED) is 0.675. The number of hydrogen-bond acceptors (Lipinski definition) is 3. The predicted octanol–water partition coefficient (Wildman–Crippen LogP) is 3.61. The molecular formula is C20H21ClN2O4. The normalized spacial score (nSPS) is 10.5. The second-order valence-electron chi connectivity index (χ2n) is 6.49. The number of benzene rings is 2. The summed E-state index contributed by atoms with van der Waals surface area (Å²) in [5.41, 5.74) is 1.26. The van der Waals surface area contributed by atoms with Crippen molar-refractivity contribution in [3.63, 3.8) is 0 Å². The van der Waals surface area contributed by atoms with E-state index in [4.69, 9.17) is 11.6 Å². The lowest BCUT2D eigenvalue weighted by atomic mass is 10.0. The average molecular weight is 389 g/mol. The Balaban J connectivity index is 2.06. The highest BCUT2D eigenvalue weighted by molar-refractivity contribution is 6.34. The average Bonchev–Trinajstić information content (AvgIpc) is 2.60. The van der Waals surface area contributed by atoms with Crippen LogP contribution >= 0.6 is 11.6 Å². The fourth-order valence-corrected chi connectivity index (χ4v) is 2.70. The molecule has 2 amide bonds. The number of carbonyl (C=O) groups is 3. The van der Waals surface area contributed by atoms with Crippen LogP contribution in [-0.4, -0.2) is 29.4 Å². The number of carboxylic acids is 1. The van der Waals surface area contributed by atoms with Crippen LogP contribution in [0.25, 0.3) is 0 Å². The van der Waals surface area contributed by atoms with Crippen LogP contribution in [-0.2, 0) is 11.2 Å². The van der Waals surface area contributed by atoms with Gasteiger partial charge in [0.25, 0.3) is 5.91 Å². The second-order valence-corrected chi connectivity index (χ2v) is 6.89. The molecule has 0 heterocycles. The van der Waals surface area contributed by atoms with Crippen LogP contribution in [0.3, 0.4) is 0 Å². The minimum atomic E-state index is -1.08. The molecule has 0 unspecified atom stereocenters. The monoisotopic (exact) mass is 388 g/mol. The molecule has 142 valence electrons. The third-order valence-electron chi connectivity index (χ3n) is 3.77. The van der Waals surface area contributed by atoms with Crippen molar-refractivity contribution in [3.8, 4) is 0 Å². The SMILES string of the molecule is CC(C)CNC(=O)c1ccc(NC(=O)Cc2ccccc2C(=O)O)cc1Cl. The Morgan fingerprint density at radius 2 is 1.78 bits per heavy atom. The summed E-state index contributed by atoms with van der Waals surface area (Å²) >= 11 is 6.16. The summed E-state index contributed by atoms with van der Waals surface area (Å²) in [7, 11) is 0. The van der Waals surface area contributed by atoms with Crippen LogP contribution in [0.2, 0.25) is 5.02 Å². The van der Waals surface area contributed by atoms with Gasteiger partial charge in [0, 0.05) is 12.2 Å². The number of aromatic carboxylic acids is 1. The minimum Gasteiger partial charge on any atom is -0.478 e. The van der Waals surface area contributed by atoms with Gasteiger partial charge in [-0.1, -0.05) is 43.6 Å². The van der Waals surface area contributed by atoms with Gasteiger partial charge >= 0.3 is 5.97 Å². The lowest BCUT2D eigenvalue weighted by Crippen LogP contribution is -2.27. The van der Waals surface area contributed by atoms with Gasteiger partial charge in [0.1, 0.15) is 0 Å². The van der Waals surface area contributed by atoms with Gasteiger partial charge in [0.2, 0.25) is 5.91 Å². The smallest absolute Gasteiger partial charge is 0.335 e. The number of hydrogen-bond donors (Lipinski definition) is 3. The Morgan fingerprint density at radius 3 is 2.41 bits per heavy atom. The summed E-state index contributed by atoms with van der Waals surface area (Å²) in [6, 6.07) is 10.9. The molecule has 2 aromatic carbocycles. The molecule has 2 rings (SSSR count). The molecule has 7 heteroatoms. The number of halogens is 1. The van der Waals surface area contributed by atoms with Crippen molar-refractivity contribution in [3.05, 3.63) is 64.2 Å². The summed E-state index contributed by atoms with van der Waals surface area (Å²) in [4.78, 5) is 35.6. The van der Waals surface area contributed by atoms with Crippen molar-refractivity contribution < 1.29 is 19.5 Å². The van der Waals surface area contributed by atoms with E-state index in [1.165, 1.54) is 12.1 Å². The number of anilines is 1. The van der Waals surface area contributed by atoms with E-state index in [0.29, 0.717) is 29.3 Å². The molecule has 27 heavy (non-hydrogen) atoms. The summed E-state index contributed by atoms with van der Waals surface area (Å²) in [6.07, 6.45) is -0.0866. The summed E-state index contributed by atoms with van der Waals surface area (Å²) in [5.74, 6) is -1.42. The molecule has 0 aliphatic heterocycles. The molecule has 0 saturated carbocycles. The standard InChI is InChI=1S/C20H21ClN2O4/c1-12(2)11-22-19(25)16-8-7-14(10-17(16)21)23-18(24)9-13-5-3-4-6-15(13)20(26)27/h3-8,10,12H,9,11H2,1-2H3,(H,22,25)(H,23,24)(H,26,27). The zero-order chi connectivity index (χ0) is 20.0. The van der Waals surface area contributed by atoms with Crippen molar-refractivity contribution in [2.45, 2.75) is 20.3 Å². The fraction of sp³-hybridized carbons (Fsp3) is 0.250. The first-order valence-corrected chi connectivity index (χ1v) is 8.84. The molecule has 0 aliphatic carbocycles. The predicted molar refractivity (Wildman–Crippen MR) is 104 cm³/mol. The zero-order valence-electron chi connectivity index (χ0n) is 15.1. The number of carbonyl (C=O) groups excluding carboxylic acids is 2. The second kappa shape index (κ2) is 9.19. The number of rotatable bonds is 7. The van der Waals surface area contributed by atoms with Crippen LogP contribution in [0.1, 0.15) is 40.1 Å². The van der Waals surface area contributed by atoms with Gasteiger partial charge in [-0.15, -0.1) is 0 Å². The Hall–Kier alpha value is -2.86. The molecule has 0 radical (unpaired) electrons. The molecule has 0 fully saturated rings. The lowest BCUT2D eigenvalue weighted by molar-refractivity contribution is -0.115. The van der Waals surface area contributed by atoms with Crippen LogP contribution in [0.5, 0.6) is 0 Å². The van der Waals surface area contributed by atoms with E-state index in [-0.39, 0.29) is 28.8 Å². The first kappa shape index (κ1) is 20.5. The van der Waals surface area contributed by atoms with Gasteiger partial charge in [0.15, 0.2) is 0 Å². The summed E-state index contributed by atoms with van der Waals surface area (Å²) in [5, 5.41) is 14.8. The molecule has 0 saturated heterocycles. The van der Waals surface area contributed by atoms with Crippen LogP contribution < -0.4 is 10.6 Å². The number of nitrogens with one attached hydrogen (secondary N) is 2. The van der Waals surface area contributed by atoms with E-state index in [9.17, 15) is 19.5 Å². The van der Waals surface area contributed by atoms with Crippen molar-refractivity contribution in [1.29, 1.82) is 0 Å². The van der Waals surface area contributed by atoms with Gasteiger partial charge in [-0.25, -0.2) is 4.79 Å². The molecule has 0 bridgehead atoms. The highest BCUT2D eigenvalue weighted by Crippen LogP contribution is 2.21. The maximum Gasteiger partial charge on any atom is 0.335 e. The highest BCUT2D eigenvalue weighted by atomic mass is 35.5. The van der Waals surface area contributed by atoms with E-state index >= 15 is 0 Å². The first-order valence-electron chi connectivity index (χ1n) is 8.46. The molecule has 0 spiro atoms. The molecule has 0 atom stereocenters. The molecule has 0 aromatic heterocycles. The zero-order valence-corrected chi connectivity index (χ0v) is 15.8.